The van der Waals surface area contributed by atoms with Crippen molar-refractivity contribution >= 4 is 35.1 Å². The molecular weight excluding hydrogens is 370 g/mol. The minimum Gasteiger partial charge on any atom is -0.355 e. The van der Waals surface area contributed by atoms with Gasteiger partial charge in [-0.15, -0.1) is 0 Å². The van der Waals surface area contributed by atoms with Gasteiger partial charge < -0.3 is 10.6 Å². The molecule has 0 unspecified atom stereocenters. The fourth-order valence-electron chi connectivity index (χ4n) is 2.69. The van der Waals surface area contributed by atoms with Gasteiger partial charge in [0.25, 0.3) is 11.6 Å². The molecule has 142 valence electrons. The number of nitro benzene ring substituents is 1. The summed E-state index contributed by atoms with van der Waals surface area (Å²) in [4.78, 5) is 34.9. The van der Waals surface area contributed by atoms with E-state index in [1.54, 1.807) is 11.8 Å². The molecule has 0 fully saturated rings. The van der Waals surface area contributed by atoms with Crippen LogP contribution in [-0.2, 0) is 22.8 Å². The first-order valence-electron chi connectivity index (χ1n) is 8.48. The van der Waals surface area contributed by atoms with Crippen molar-refractivity contribution in [1.82, 2.24) is 15.1 Å². The molecule has 2 heterocycles. The van der Waals surface area contributed by atoms with Crippen LogP contribution in [0.5, 0.6) is 0 Å². The molecule has 9 nitrogen and oxygen atoms in total. The SMILES string of the molecule is CCCNC(=O)Cn1nc2c(c1NC(=O)c1ccc([N+](=O)[O-])cc1)CSC2. The van der Waals surface area contributed by atoms with Gasteiger partial charge in [0.15, 0.2) is 0 Å². The second-order valence-corrected chi connectivity index (χ2v) is 7.02. The lowest BCUT2D eigenvalue weighted by Gasteiger charge is -2.11. The van der Waals surface area contributed by atoms with E-state index in [9.17, 15) is 19.7 Å². The normalized spacial score (nSPS) is 12.5. The smallest absolute Gasteiger partial charge is 0.269 e. The third-order valence-corrected chi connectivity index (χ3v) is 5.03. The van der Waals surface area contributed by atoms with E-state index in [0.29, 0.717) is 23.7 Å². The van der Waals surface area contributed by atoms with E-state index in [4.69, 9.17) is 0 Å². The number of thioether (sulfide) groups is 1. The number of hydrogen-bond acceptors (Lipinski definition) is 6. The summed E-state index contributed by atoms with van der Waals surface area (Å²) in [5.41, 5.74) is 1.99. The van der Waals surface area contributed by atoms with E-state index in [0.717, 1.165) is 23.4 Å². The Balaban J connectivity index is 1.79. The molecule has 0 aliphatic carbocycles. The summed E-state index contributed by atoms with van der Waals surface area (Å²) in [5.74, 6) is 1.38. The maximum absolute atomic E-state index is 12.6. The Morgan fingerprint density at radius 1 is 1.30 bits per heavy atom. The van der Waals surface area contributed by atoms with Crippen molar-refractivity contribution in [3.63, 3.8) is 0 Å². The molecule has 2 amide bonds. The fraction of sp³-hybridized carbons (Fsp3) is 0.353. The van der Waals surface area contributed by atoms with Crippen LogP contribution in [0.15, 0.2) is 24.3 Å². The molecular formula is C17H19N5O4S. The minimum absolute atomic E-state index is 0.0214. The molecule has 0 bridgehead atoms. The maximum atomic E-state index is 12.6. The van der Waals surface area contributed by atoms with Crippen molar-refractivity contribution in [3.8, 4) is 0 Å². The number of rotatable bonds is 7. The van der Waals surface area contributed by atoms with Crippen LogP contribution in [0.4, 0.5) is 11.5 Å². The zero-order valence-electron chi connectivity index (χ0n) is 14.7. The van der Waals surface area contributed by atoms with Crippen LogP contribution in [-0.4, -0.2) is 33.1 Å². The fourth-order valence-corrected chi connectivity index (χ4v) is 3.73. The molecule has 0 spiro atoms. The van der Waals surface area contributed by atoms with E-state index in [-0.39, 0.29) is 18.1 Å². The van der Waals surface area contributed by atoms with Crippen molar-refractivity contribution in [2.24, 2.45) is 0 Å². The number of nitrogens with one attached hydrogen (secondary N) is 2. The lowest BCUT2D eigenvalue weighted by molar-refractivity contribution is -0.384. The number of nitro groups is 1. The van der Waals surface area contributed by atoms with Gasteiger partial charge in [0.2, 0.25) is 5.91 Å². The van der Waals surface area contributed by atoms with Crippen LogP contribution >= 0.6 is 11.8 Å². The first-order chi connectivity index (χ1) is 13.0. The molecule has 0 saturated heterocycles. The van der Waals surface area contributed by atoms with Crippen molar-refractivity contribution in [2.75, 3.05) is 11.9 Å². The van der Waals surface area contributed by atoms with Crippen LogP contribution in [0.25, 0.3) is 0 Å². The molecule has 0 atom stereocenters. The average Bonchev–Trinajstić information content (AvgIpc) is 3.22. The zero-order valence-corrected chi connectivity index (χ0v) is 15.5. The lowest BCUT2D eigenvalue weighted by Crippen LogP contribution is -2.29. The molecule has 2 N–H and O–H groups in total. The van der Waals surface area contributed by atoms with E-state index >= 15 is 0 Å². The van der Waals surface area contributed by atoms with E-state index in [2.05, 4.69) is 15.7 Å². The third kappa shape index (κ3) is 4.27. The molecule has 1 aliphatic rings. The molecule has 1 aromatic heterocycles. The Morgan fingerprint density at radius 2 is 2.04 bits per heavy atom. The molecule has 1 aliphatic heterocycles. The molecule has 10 heteroatoms. The number of amides is 2. The number of non-ortho nitro benzene ring substituents is 1. The summed E-state index contributed by atoms with van der Waals surface area (Å²) in [6.07, 6.45) is 0.835. The van der Waals surface area contributed by atoms with E-state index < -0.39 is 10.8 Å². The molecule has 2 aromatic rings. The summed E-state index contributed by atoms with van der Waals surface area (Å²) >= 11 is 1.69. The first-order valence-corrected chi connectivity index (χ1v) is 9.64. The Labute approximate surface area is 159 Å². The largest absolute Gasteiger partial charge is 0.355 e. The van der Waals surface area contributed by atoms with E-state index in [1.165, 1.54) is 28.9 Å². The number of anilines is 1. The highest BCUT2D eigenvalue weighted by Gasteiger charge is 2.25. The molecule has 27 heavy (non-hydrogen) atoms. The topological polar surface area (TPSA) is 119 Å². The van der Waals surface area contributed by atoms with Gasteiger partial charge in [-0.2, -0.15) is 16.9 Å². The Kier molecular flexibility index (Phi) is 5.75. The van der Waals surface area contributed by atoms with Crippen LogP contribution in [0, 0.1) is 10.1 Å². The minimum atomic E-state index is -0.518. The second kappa shape index (κ2) is 8.21. The van der Waals surface area contributed by atoms with Gasteiger partial charge in [-0.25, -0.2) is 4.68 Å². The number of carbonyl (C=O) groups is 2. The summed E-state index contributed by atoms with van der Waals surface area (Å²) < 4.78 is 1.51. The number of fused-ring (bicyclic) bond motifs is 1. The summed E-state index contributed by atoms with van der Waals surface area (Å²) in [6, 6.07) is 5.36. The number of benzene rings is 1. The predicted molar refractivity (Wildman–Crippen MR) is 102 cm³/mol. The number of carbonyl (C=O) groups excluding carboxylic acids is 2. The monoisotopic (exact) mass is 389 g/mol. The van der Waals surface area contributed by atoms with Gasteiger partial charge in [0.1, 0.15) is 12.4 Å². The highest BCUT2D eigenvalue weighted by atomic mass is 32.2. The zero-order chi connectivity index (χ0) is 19.4. The quantitative estimate of drug-likeness (QED) is 0.554. The van der Waals surface area contributed by atoms with Crippen LogP contribution in [0.2, 0.25) is 0 Å². The van der Waals surface area contributed by atoms with Crippen molar-refractivity contribution in [1.29, 1.82) is 0 Å². The second-order valence-electron chi connectivity index (χ2n) is 6.03. The van der Waals surface area contributed by atoms with Crippen LogP contribution in [0.1, 0.15) is 35.0 Å². The van der Waals surface area contributed by atoms with Gasteiger partial charge in [0, 0.05) is 41.3 Å². The maximum Gasteiger partial charge on any atom is 0.269 e. The Hall–Kier alpha value is -2.88. The predicted octanol–water partition coefficient (Wildman–Crippen LogP) is 2.32. The summed E-state index contributed by atoms with van der Waals surface area (Å²) in [7, 11) is 0. The van der Waals surface area contributed by atoms with Gasteiger partial charge in [0.05, 0.1) is 10.6 Å². The van der Waals surface area contributed by atoms with Gasteiger partial charge in [-0.1, -0.05) is 6.92 Å². The number of aromatic nitrogens is 2. The number of nitrogens with zero attached hydrogens (tertiary/aromatic N) is 3. The average molecular weight is 389 g/mol. The van der Waals surface area contributed by atoms with Crippen LogP contribution < -0.4 is 10.6 Å². The summed E-state index contributed by atoms with van der Waals surface area (Å²) in [5, 5.41) is 20.8. The highest BCUT2D eigenvalue weighted by Crippen LogP contribution is 2.34. The Bertz CT molecular complexity index is 878. The molecule has 1 aromatic carbocycles. The third-order valence-electron chi connectivity index (χ3n) is 4.06. The van der Waals surface area contributed by atoms with Gasteiger partial charge in [-0.3, -0.25) is 19.7 Å². The van der Waals surface area contributed by atoms with E-state index in [1.807, 2.05) is 6.92 Å². The lowest BCUT2D eigenvalue weighted by atomic mass is 10.2. The first kappa shape index (κ1) is 18.9. The molecule has 0 radical (unpaired) electrons. The highest BCUT2D eigenvalue weighted by molar-refractivity contribution is 7.98. The number of hydrogen-bond donors (Lipinski definition) is 2. The van der Waals surface area contributed by atoms with Crippen molar-refractivity contribution in [2.45, 2.75) is 31.4 Å². The Morgan fingerprint density at radius 3 is 2.70 bits per heavy atom. The standard InChI is InChI=1S/C17H19N5O4S/c1-2-7-18-15(23)8-21-16(13-9-27-10-14(13)20-21)19-17(24)11-3-5-12(6-4-11)22(25)26/h3-6H,2,7-10H2,1H3,(H,18,23)(H,19,24). The van der Waals surface area contributed by atoms with Gasteiger partial charge >= 0.3 is 0 Å². The summed E-state index contributed by atoms with van der Waals surface area (Å²) in [6.45, 7) is 2.57. The van der Waals surface area contributed by atoms with Gasteiger partial charge in [-0.05, 0) is 18.6 Å². The van der Waals surface area contributed by atoms with Crippen LogP contribution in [0.3, 0.4) is 0 Å². The molecule has 3 rings (SSSR count). The molecule has 0 saturated carbocycles. The van der Waals surface area contributed by atoms with Crippen molar-refractivity contribution in [3.05, 3.63) is 51.2 Å². The van der Waals surface area contributed by atoms with Crippen molar-refractivity contribution < 1.29 is 14.5 Å².